The fraction of sp³-hybridized carbons (Fsp3) is 0.364. The Hall–Kier alpha value is -1.57. The van der Waals surface area contributed by atoms with Gasteiger partial charge in [-0.1, -0.05) is 59.7 Å². The number of fused-ring (bicyclic) bond motifs is 1. The van der Waals surface area contributed by atoms with Crippen molar-refractivity contribution in [1.82, 2.24) is 9.97 Å². The SMILES string of the molecule is CC(C)(C)c1c[c-]c(-c2nc(C(C)(C)C)c3ccccc3n2)cc1.[Ir]. The van der Waals surface area contributed by atoms with E-state index in [1.54, 1.807) is 0 Å². The van der Waals surface area contributed by atoms with Gasteiger partial charge in [-0.2, -0.15) is 0 Å². The van der Waals surface area contributed by atoms with Gasteiger partial charge in [0.05, 0.1) is 11.3 Å². The average Bonchev–Trinajstić information content (AvgIpc) is 2.52. The van der Waals surface area contributed by atoms with Gasteiger partial charge in [-0.05, 0) is 11.5 Å². The first kappa shape index (κ1) is 19.8. The van der Waals surface area contributed by atoms with Crippen LogP contribution >= 0.6 is 0 Å². The Morgan fingerprint density at radius 3 is 2.04 bits per heavy atom. The van der Waals surface area contributed by atoms with E-state index in [0.717, 1.165) is 28.0 Å². The average molecular weight is 510 g/mol. The number of nitrogens with zero attached hydrogens (tertiary/aromatic N) is 2. The van der Waals surface area contributed by atoms with Gasteiger partial charge in [-0.3, -0.25) is 9.97 Å². The van der Waals surface area contributed by atoms with Crippen LogP contribution in [0, 0.1) is 6.07 Å². The summed E-state index contributed by atoms with van der Waals surface area (Å²) in [7, 11) is 0. The summed E-state index contributed by atoms with van der Waals surface area (Å²) in [5, 5.41) is 1.13. The predicted octanol–water partition coefficient (Wildman–Crippen LogP) is 5.69. The van der Waals surface area contributed by atoms with Crippen LogP contribution in [0.2, 0.25) is 0 Å². The second-order valence-corrected chi connectivity index (χ2v) is 8.40. The predicted molar refractivity (Wildman–Crippen MR) is 101 cm³/mol. The maximum absolute atomic E-state index is 4.89. The molecule has 0 atom stereocenters. The molecule has 1 radical (unpaired) electrons. The third-order valence-corrected chi connectivity index (χ3v) is 4.23. The zero-order chi connectivity index (χ0) is 17.5. The van der Waals surface area contributed by atoms with Crippen LogP contribution in [-0.4, -0.2) is 9.97 Å². The molecule has 0 spiro atoms. The molecule has 3 rings (SSSR count). The molecule has 0 fully saturated rings. The molecule has 0 bridgehead atoms. The van der Waals surface area contributed by atoms with Crippen molar-refractivity contribution < 1.29 is 20.1 Å². The van der Waals surface area contributed by atoms with Crippen LogP contribution in [0.5, 0.6) is 0 Å². The van der Waals surface area contributed by atoms with Crippen LogP contribution in [0.25, 0.3) is 22.3 Å². The van der Waals surface area contributed by atoms with Crippen LogP contribution in [0.4, 0.5) is 0 Å². The van der Waals surface area contributed by atoms with E-state index in [0.29, 0.717) is 0 Å². The Morgan fingerprint density at radius 2 is 1.48 bits per heavy atom. The molecule has 1 heterocycles. The minimum atomic E-state index is -0.0390. The molecule has 0 unspecified atom stereocenters. The second-order valence-electron chi connectivity index (χ2n) is 8.40. The van der Waals surface area contributed by atoms with Gasteiger partial charge in [-0.25, -0.2) is 0 Å². The molecule has 2 nitrogen and oxygen atoms in total. The van der Waals surface area contributed by atoms with Crippen molar-refractivity contribution in [2.75, 3.05) is 0 Å². The topological polar surface area (TPSA) is 25.8 Å². The Kier molecular flexibility index (Phi) is 5.51. The van der Waals surface area contributed by atoms with E-state index in [9.17, 15) is 0 Å². The van der Waals surface area contributed by atoms with E-state index >= 15 is 0 Å². The molecule has 133 valence electrons. The van der Waals surface area contributed by atoms with Gasteiger partial charge in [0.1, 0.15) is 0 Å². The van der Waals surface area contributed by atoms with Crippen LogP contribution in [0.1, 0.15) is 52.8 Å². The second kappa shape index (κ2) is 6.97. The van der Waals surface area contributed by atoms with Crippen LogP contribution < -0.4 is 0 Å². The minimum absolute atomic E-state index is 0. The van der Waals surface area contributed by atoms with Gasteiger partial charge >= 0.3 is 0 Å². The molecular formula is C22H25IrN2-. The molecule has 0 aliphatic rings. The van der Waals surface area contributed by atoms with Gasteiger partial charge in [0.25, 0.3) is 0 Å². The van der Waals surface area contributed by atoms with Crippen molar-refractivity contribution in [3.63, 3.8) is 0 Å². The van der Waals surface area contributed by atoms with Gasteiger partial charge in [0.15, 0.2) is 0 Å². The quantitative estimate of drug-likeness (QED) is 0.394. The summed E-state index contributed by atoms with van der Waals surface area (Å²) in [6, 6.07) is 17.9. The molecular weight excluding hydrogens is 484 g/mol. The first-order valence-electron chi connectivity index (χ1n) is 8.46. The Labute approximate surface area is 164 Å². The maximum atomic E-state index is 4.89. The number of hydrogen-bond acceptors (Lipinski definition) is 2. The van der Waals surface area contributed by atoms with E-state index in [2.05, 4.69) is 77.9 Å². The fourth-order valence-corrected chi connectivity index (χ4v) is 2.80. The zero-order valence-corrected chi connectivity index (χ0v) is 18.2. The van der Waals surface area contributed by atoms with E-state index in [1.165, 1.54) is 5.56 Å². The van der Waals surface area contributed by atoms with Crippen molar-refractivity contribution in [2.24, 2.45) is 0 Å². The molecule has 0 saturated carbocycles. The molecule has 0 N–H and O–H groups in total. The summed E-state index contributed by atoms with van der Waals surface area (Å²) >= 11 is 0. The van der Waals surface area contributed by atoms with Crippen molar-refractivity contribution >= 4 is 10.9 Å². The van der Waals surface area contributed by atoms with Crippen molar-refractivity contribution in [3.05, 3.63) is 59.8 Å². The Bertz CT molecular complexity index is 869. The number of rotatable bonds is 1. The van der Waals surface area contributed by atoms with Gasteiger partial charge < -0.3 is 0 Å². The van der Waals surface area contributed by atoms with Gasteiger partial charge in [0.2, 0.25) is 0 Å². The third kappa shape index (κ3) is 4.16. The molecule has 1 aromatic heterocycles. The molecule has 0 aliphatic carbocycles. The maximum Gasteiger partial charge on any atom is 0.0759 e. The zero-order valence-electron chi connectivity index (χ0n) is 15.8. The molecule has 0 amide bonds. The number of hydrogen-bond donors (Lipinski definition) is 0. The molecule has 0 saturated heterocycles. The fourth-order valence-electron chi connectivity index (χ4n) is 2.80. The number of para-hydroxylation sites is 1. The first-order chi connectivity index (χ1) is 11.2. The van der Waals surface area contributed by atoms with E-state index in [4.69, 9.17) is 9.97 Å². The Morgan fingerprint density at radius 1 is 0.800 bits per heavy atom. The van der Waals surface area contributed by atoms with E-state index in [1.807, 2.05) is 12.1 Å². The number of benzene rings is 2. The summed E-state index contributed by atoms with van der Waals surface area (Å²) in [5.74, 6) is 0.749. The van der Waals surface area contributed by atoms with Crippen molar-refractivity contribution in [2.45, 2.75) is 52.4 Å². The first-order valence-corrected chi connectivity index (χ1v) is 8.46. The van der Waals surface area contributed by atoms with Crippen LogP contribution in [0.15, 0.2) is 42.5 Å². The number of aromatic nitrogens is 2. The van der Waals surface area contributed by atoms with Crippen molar-refractivity contribution in [3.8, 4) is 11.4 Å². The minimum Gasteiger partial charge on any atom is -0.281 e. The standard InChI is InChI=1S/C22H25N2.Ir/c1-21(2,3)16-13-11-15(12-14-16)20-23-18-10-8-7-9-17(18)19(24-20)22(4,5)6;/h7-11,13-14H,1-6H3;/q-1;. The Balaban J connectivity index is 0.00000225. The summed E-state index contributed by atoms with van der Waals surface area (Å²) in [5.41, 5.74) is 4.36. The normalized spacial score (nSPS) is 12.1. The molecule has 0 aliphatic heterocycles. The monoisotopic (exact) mass is 510 g/mol. The van der Waals surface area contributed by atoms with Crippen molar-refractivity contribution in [1.29, 1.82) is 0 Å². The summed E-state index contributed by atoms with van der Waals surface area (Å²) in [4.78, 5) is 9.66. The van der Waals surface area contributed by atoms with Crippen LogP contribution in [-0.2, 0) is 30.9 Å². The molecule has 25 heavy (non-hydrogen) atoms. The van der Waals surface area contributed by atoms with Gasteiger partial charge in [0, 0.05) is 36.6 Å². The molecule has 3 aromatic rings. The summed E-state index contributed by atoms with van der Waals surface area (Å²) in [6.07, 6.45) is 0. The molecule has 3 heteroatoms. The van der Waals surface area contributed by atoms with E-state index < -0.39 is 0 Å². The summed E-state index contributed by atoms with van der Waals surface area (Å²) < 4.78 is 0. The smallest absolute Gasteiger partial charge is 0.0759 e. The van der Waals surface area contributed by atoms with E-state index in [-0.39, 0.29) is 30.9 Å². The third-order valence-electron chi connectivity index (χ3n) is 4.23. The van der Waals surface area contributed by atoms with Gasteiger partial charge in [-0.15, -0.1) is 35.4 Å². The molecule has 2 aromatic carbocycles. The summed E-state index contributed by atoms with van der Waals surface area (Å²) in [6.45, 7) is 13.2. The van der Waals surface area contributed by atoms with Crippen LogP contribution in [0.3, 0.4) is 0 Å². The largest absolute Gasteiger partial charge is 0.281 e.